The largest absolute Gasteiger partial charge is 0.378 e. The van der Waals surface area contributed by atoms with Crippen molar-refractivity contribution in [2.24, 2.45) is 11.7 Å². The van der Waals surface area contributed by atoms with Crippen LogP contribution in [0.4, 0.5) is 5.69 Å². The van der Waals surface area contributed by atoms with Gasteiger partial charge >= 0.3 is 0 Å². The standard InChI is InChI=1S/C17H27N3O/c1-19(2)16-9-7-13(8-10-16)12-20(3)17(21)14-5-4-6-15(18)11-14/h7-10,14-15H,4-6,11-12,18H2,1-3H3. The van der Waals surface area contributed by atoms with Crippen molar-refractivity contribution in [3.63, 3.8) is 0 Å². The van der Waals surface area contributed by atoms with Crippen molar-refractivity contribution in [3.8, 4) is 0 Å². The third-order valence-electron chi connectivity index (χ3n) is 4.31. The summed E-state index contributed by atoms with van der Waals surface area (Å²) in [5.74, 6) is 0.349. The molecule has 0 aliphatic heterocycles. The minimum absolute atomic E-state index is 0.111. The molecule has 2 rings (SSSR count). The summed E-state index contributed by atoms with van der Waals surface area (Å²) in [7, 11) is 5.94. The van der Waals surface area contributed by atoms with Gasteiger partial charge in [0.1, 0.15) is 0 Å². The average Bonchev–Trinajstić information content (AvgIpc) is 2.47. The topological polar surface area (TPSA) is 49.6 Å². The third kappa shape index (κ3) is 4.21. The summed E-state index contributed by atoms with van der Waals surface area (Å²) in [6.45, 7) is 0.665. The van der Waals surface area contributed by atoms with Crippen LogP contribution in [0.2, 0.25) is 0 Å². The van der Waals surface area contributed by atoms with E-state index in [0.29, 0.717) is 6.54 Å². The van der Waals surface area contributed by atoms with E-state index in [0.717, 1.165) is 31.2 Å². The molecule has 116 valence electrons. The van der Waals surface area contributed by atoms with E-state index >= 15 is 0 Å². The van der Waals surface area contributed by atoms with Gasteiger partial charge < -0.3 is 15.5 Å². The molecule has 2 unspecified atom stereocenters. The molecule has 4 heteroatoms. The van der Waals surface area contributed by atoms with Gasteiger partial charge in [-0.1, -0.05) is 18.6 Å². The van der Waals surface area contributed by atoms with E-state index in [1.54, 1.807) is 0 Å². The molecule has 0 heterocycles. The van der Waals surface area contributed by atoms with Gasteiger partial charge in [-0.25, -0.2) is 0 Å². The molecule has 2 N–H and O–H groups in total. The molecule has 0 saturated heterocycles. The summed E-state index contributed by atoms with van der Waals surface area (Å²) in [6, 6.07) is 8.55. The zero-order chi connectivity index (χ0) is 15.4. The summed E-state index contributed by atoms with van der Waals surface area (Å²) >= 11 is 0. The first-order valence-corrected chi connectivity index (χ1v) is 7.74. The van der Waals surface area contributed by atoms with Gasteiger partial charge in [0.15, 0.2) is 0 Å². The van der Waals surface area contributed by atoms with Crippen LogP contribution in [-0.4, -0.2) is 38.0 Å². The van der Waals surface area contributed by atoms with Gasteiger partial charge in [0.2, 0.25) is 5.91 Å². The van der Waals surface area contributed by atoms with Gasteiger partial charge in [-0.15, -0.1) is 0 Å². The van der Waals surface area contributed by atoms with Crippen LogP contribution in [0, 0.1) is 5.92 Å². The highest BCUT2D eigenvalue weighted by atomic mass is 16.2. The summed E-state index contributed by atoms with van der Waals surface area (Å²) < 4.78 is 0. The van der Waals surface area contributed by atoms with Crippen molar-refractivity contribution < 1.29 is 4.79 Å². The Kier molecular flexibility index (Phi) is 5.23. The van der Waals surface area contributed by atoms with E-state index in [1.807, 2.05) is 26.0 Å². The first-order valence-electron chi connectivity index (χ1n) is 7.74. The van der Waals surface area contributed by atoms with Gasteiger partial charge in [-0.05, 0) is 37.0 Å². The predicted molar refractivity (Wildman–Crippen MR) is 87.2 cm³/mol. The Hall–Kier alpha value is -1.55. The Morgan fingerprint density at radius 1 is 1.19 bits per heavy atom. The second kappa shape index (κ2) is 6.94. The van der Waals surface area contributed by atoms with Crippen LogP contribution in [0.5, 0.6) is 0 Å². The first-order chi connectivity index (χ1) is 9.97. The molecule has 1 amide bonds. The maximum Gasteiger partial charge on any atom is 0.225 e. The van der Waals surface area contributed by atoms with Crippen molar-refractivity contribution in [2.45, 2.75) is 38.3 Å². The second-order valence-corrected chi connectivity index (χ2v) is 6.38. The minimum Gasteiger partial charge on any atom is -0.378 e. The van der Waals surface area contributed by atoms with Gasteiger partial charge in [0.25, 0.3) is 0 Å². The molecule has 0 spiro atoms. The number of nitrogens with two attached hydrogens (primary N) is 1. The van der Waals surface area contributed by atoms with Crippen LogP contribution in [0.3, 0.4) is 0 Å². The van der Waals surface area contributed by atoms with Crippen LogP contribution in [-0.2, 0) is 11.3 Å². The number of rotatable bonds is 4. The van der Waals surface area contributed by atoms with Crippen molar-refractivity contribution >= 4 is 11.6 Å². The first kappa shape index (κ1) is 15.8. The number of hydrogen-bond acceptors (Lipinski definition) is 3. The normalized spacial score (nSPS) is 21.9. The monoisotopic (exact) mass is 289 g/mol. The molecule has 0 aromatic heterocycles. The fraction of sp³-hybridized carbons (Fsp3) is 0.588. The number of benzene rings is 1. The van der Waals surface area contributed by atoms with Gasteiger partial charge in [0.05, 0.1) is 0 Å². The van der Waals surface area contributed by atoms with E-state index < -0.39 is 0 Å². The molecule has 1 aromatic carbocycles. The van der Waals surface area contributed by atoms with E-state index in [4.69, 9.17) is 5.73 Å². The number of carbonyl (C=O) groups is 1. The summed E-state index contributed by atoms with van der Waals surface area (Å²) in [6.07, 6.45) is 3.95. The fourth-order valence-corrected chi connectivity index (χ4v) is 3.01. The zero-order valence-corrected chi connectivity index (χ0v) is 13.4. The molecular formula is C17H27N3O. The Morgan fingerprint density at radius 2 is 1.86 bits per heavy atom. The van der Waals surface area contributed by atoms with Crippen LogP contribution in [0.1, 0.15) is 31.2 Å². The Morgan fingerprint density at radius 3 is 2.43 bits per heavy atom. The molecule has 1 aromatic rings. The van der Waals surface area contributed by atoms with Gasteiger partial charge in [-0.2, -0.15) is 0 Å². The summed E-state index contributed by atoms with van der Waals surface area (Å²) in [4.78, 5) is 16.4. The van der Waals surface area contributed by atoms with E-state index in [1.165, 1.54) is 5.69 Å². The predicted octanol–water partition coefficient (Wildman–Crippen LogP) is 2.23. The van der Waals surface area contributed by atoms with E-state index in [9.17, 15) is 4.79 Å². The lowest BCUT2D eigenvalue weighted by Crippen LogP contribution is -2.38. The fourth-order valence-electron chi connectivity index (χ4n) is 3.01. The molecule has 1 saturated carbocycles. The van der Waals surface area contributed by atoms with E-state index in [2.05, 4.69) is 29.2 Å². The highest BCUT2D eigenvalue weighted by molar-refractivity contribution is 5.78. The smallest absolute Gasteiger partial charge is 0.225 e. The minimum atomic E-state index is 0.111. The lowest BCUT2D eigenvalue weighted by atomic mass is 9.85. The molecule has 4 nitrogen and oxygen atoms in total. The average molecular weight is 289 g/mol. The molecule has 1 aliphatic carbocycles. The summed E-state index contributed by atoms with van der Waals surface area (Å²) in [5.41, 5.74) is 8.32. The third-order valence-corrected chi connectivity index (χ3v) is 4.31. The van der Waals surface area contributed by atoms with Crippen molar-refractivity contribution in [2.75, 3.05) is 26.0 Å². The number of anilines is 1. The van der Waals surface area contributed by atoms with Crippen molar-refractivity contribution in [1.29, 1.82) is 0 Å². The maximum atomic E-state index is 12.5. The SMILES string of the molecule is CN(Cc1ccc(N(C)C)cc1)C(=O)C1CCCC(N)C1. The molecular weight excluding hydrogens is 262 g/mol. The van der Waals surface area contributed by atoms with E-state index in [-0.39, 0.29) is 17.9 Å². The summed E-state index contributed by atoms with van der Waals surface area (Å²) in [5, 5.41) is 0. The Labute approximate surface area is 127 Å². The Bertz CT molecular complexity index is 469. The number of amides is 1. The van der Waals surface area contributed by atoms with Crippen LogP contribution in [0.25, 0.3) is 0 Å². The van der Waals surface area contributed by atoms with Gasteiger partial charge in [-0.3, -0.25) is 4.79 Å². The molecule has 1 aliphatic rings. The molecule has 1 fully saturated rings. The second-order valence-electron chi connectivity index (χ2n) is 6.38. The van der Waals surface area contributed by atoms with Crippen LogP contribution < -0.4 is 10.6 Å². The number of hydrogen-bond donors (Lipinski definition) is 1. The highest BCUT2D eigenvalue weighted by Crippen LogP contribution is 2.25. The number of carbonyl (C=O) groups excluding carboxylic acids is 1. The quantitative estimate of drug-likeness (QED) is 0.924. The highest BCUT2D eigenvalue weighted by Gasteiger charge is 2.27. The zero-order valence-electron chi connectivity index (χ0n) is 13.4. The van der Waals surface area contributed by atoms with Crippen molar-refractivity contribution in [1.82, 2.24) is 4.90 Å². The Balaban J connectivity index is 1.93. The van der Waals surface area contributed by atoms with Crippen LogP contribution in [0.15, 0.2) is 24.3 Å². The van der Waals surface area contributed by atoms with Crippen LogP contribution >= 0.6 is 0 Å². The number of nitrogens with zero attached hydrogens (tertiary/aromatic N) is 2. The molecule has 0 radical (unpaired) electrons. The molecule has 2 atom stereocenters. The van der Waals surface area contributed by atoms with Gasteiger partial charge in [0, 0.05) is 45.3 Å². The lowest BCUT2D eigenvalue weighted by Gasteiger charge is -2.29. The van der Waals surface area contributed by atoms with Crippen molar-refractivity contribution in [3.05, 3.63) is 29.8 Å². The molecule has 21 heavy (non-hydrogen) atoms. The lowest BCUT2D eigenvalue weighted by molar-refractivity contribution is -0.135. The molecule has 0 bridgehead atoms. The maximum absolute atomic E-state index is 12.5.